The fourth-order valence-corrected chi connectivity index (χ4v) is 1.95. The molecule has 1 aromatic rings. The Morgan fingerprint density at radius 2 is 1.90 bits per heavy atom. The fourth-order valence-electron chi connectivity index (χ4n) is 1.95. The Morgan fingerprint density at radius 1 is 1.20 bits per heavy atom. The van der Waals surface area contributed by atoms with E-state index in [0.29, 0.717) is 25.8 Å². The molecule has 0 saturated carbocycles. The zero-order valence-electron chi connectivity index (χ0n) is 12.0. The van der Waals surface area contributed by atoms with Gasteiger partial charge < -0.3 is 10.4 Å². The van der Waals surface area contributed by atoms with Crippen LogP contribution in [-0.2, 0) is 16.0 Å². The van der Waals surface area contributed by atoms with Gasteiger partial charge >= 0.3 is 5.97 Å². The Bertz CT molecular complexity index is 417. The van der Waals surface area contributed by atoms with Crippen molar-refractivity contribution in [1.29, 1.82) is 0 Å². The van der Waals surface area contributed by atoms with E-state index in [0.717, 1.165) is 12.8 Å². The Hall–Kier alpha value is -1.84. The fraction of sp³-hybridized carbons (Fsp3) is 0.500. The number of carboxylic acids is 1. The smallest absolute Gasteiger partial charge is 0.306 e. The third-order valence-corrected chi connectivity index (χ3v) is 3.27. The van der Waals surface area contributed by atoms with Crippen molar-refractivity contribution in [2.75, 3.05) is 6.54 Å². The number of carboxylic acid groups (broad SMARTS) is 1. The van der Waals surface area contributed by atoms with Crippen LogP contribution in [0.3, 0.4) is 0 Å². The predicted octanol–water partition coefficient (Wildman–Crippen LogP) is 2.63. The molecule has 1 aromatic carbocycles. The highest BCUT2D eigenvalue weighted by Gasteiger charge is 2.10. The molecule has 0 radical (unpaired) electrons. The molecule has 0 saturated heterocycles. The number of rotatable bonds is 9. The van der Waals surface area contributed by atoms with E-state index in [1.165, 1.54) is 5.56 Å². The van der Waals surface area contributed by atoms with Crippen molar-refractivity contribution in [2.24, 2.45) is 5.92 Å². The zero-order chi connectivity index (χ0) is 14.8. The number of nitrogens with one attached hydrogen (secondary N) is 1. The van der Waals surface area contributed by atoms with Gasteiger partial charge in [0.25, 0.3) is 0 Å². The van der Waals surface area contributed by atoms with Crippen LogP contribution in [-0.4, -0.2) is 23.5 Å². The standard InChI is InChI=1S/C16H23NO3/c1-13(16(19)20)7-6-12-17-15(18)11-5-10-14-8-3-2-4-9-14/h2-4,8-9,13H,5-7,10-12H2,1H3,(H,17,18)(H,19,20). The Kier molecular flexibility index (Phi) is 7.40. The van der Waals surface area contributed by atoms with E-state index in [-0.39, 0.29) is 11.8 Å². The first-order valence-electron chi connectivity index (χ1n) is 7.13. The number of carbonyl (C=O) groups excluding carboxylic acids is 1. The van der Waals surface area contributed by atoms with Crippen LogP contribution in [0.5, 0.6) is 0 Å². The minimum Gasteiger partial charge on any atom is -0.481 e. The van der Waals surface area contributed by atoms with E-state index in [9.17, 15) is 9.59 Å². The van der Waals surface area contributed by atoms with Crippen molar-refractivity contribution in [1.82, 2.24) is 5.32 Å². The van der Waals surface area contributed by atoms with Gasteiger partial charge in [-0.15, -0.1) is 0 Å². The second kappa shape index (κ2) is 9.13. The van der Waals surface area contributed by atoms with E-state index in [1.807, 2.05) is 18.2 Å². The monoisotopic (exact) mass is 277 g/mol. The molecule has 0 spiro atoms. The van der Waals surface area contributed by atoms with Gasteiger partial charge in [-0.3, -0.25) is 9.59 Å². The number of benzene rings is 1. The maximum Gasteiger partial charge on any atom is 0.306 e. The van der Waals surface area contributed by atoms with E-state index in [2.05, 4.69) is 17.4 Å². The Balaban J connectivity index is 2.05. The van der Waals surface area contributed by atoms with Gasteiger partial charge in [0, 0.05) is 13.0 Å². The molecule has 0 heterocycles. The highest BCUT2D eigenvalue weighted by molar-refractivity contribution is 5.75. The SMILES string of the molecule is CC(CCCNC(=O)CCCc1ccccc1)C(=O)O. The molecule has 0 aliphatic carbocycles. The van der Waals surface area contributed by atoms with Crippen LogP contribution < -0.4 is 5.32 Å². The summed E-state index contributed by atoms with van der Waals surface area (Å²) < 4.78 is 0. The Morgan fingerprint density at radius 3 is 2.55 bits per heavy atom. The van der Waals surface area contributed by atoms with Gasteiger partial charge in [0.15, 0.2) is 0 Å². The average molecular weight is 277 g/mol. The Labute approximate surface area is 120 Å². The first-order valence-corrected chi connectivity index (χ1v) is 7.13. The van der Waals surface area contributed by atoms with Gasteiger partial charge in [-0.2, -0.15) is 0 Å². The van der Waals surface area contributed by atoms with Crippen molar-refractivity contribution in [3.8, 4) is 0 Å². The van der Waals surface area contributed by atoms with Gasteiger partial charge in [-0.1, -0.05) is 37.3 Å². The number of hydrogen-bond acceptors (Lipinski definition) is 2. The molecule has 1 amide bonds. The lowest BCUT2D eigenvalue weighted by Gasteiger charge is -2.07. The summed E-state index contributed by atoms with van der Waals surface area (Å²) in [7, 11) is 0. The number of aliphatic carboxylic acids is 1. The van der Waals surface area contributed by atoms with E-state index >= 15 is 0 Å². The third kappa shape index (κ3) is 6.92. The lowest BCUT2D eigenvalue weighted by Crippen LogP contribution is -2.25. The maximum atomic E-state index is 11.6. The lowest BCUT2D eigenvalue weighted by atomic mass is 10.1. The summed E-state index contributed by atoms with van der Waals surface area (Å²) in [4.78, 5) is 22.2. The summed E-state index contributed by atoms with van der Waals surface area (Å²) >= 11 is 0. The molecule has 4 nitrogen and oxygen atoms in total. The number of aryl methyl sites for hydroxylation is 1. The van der Waals surface area contributed by atoms with Crippen molar-refractivity contribution < 1.29 is 14.7 Å². The molecule has 0 aliphatic rings. The number of hydrogen-bond donors (Lipinski definition) is 2. The van der Waals surface area contributed by atoms with Gasteiger partial charge in [0.2, 0.25) is 5.91 Å². The molecule has 0 aliphatic heterocycles. The van der Waals surface area contributed by atoms with Gasteiger partial charge in [-0.05, 0) is 31.2 Å². The first kappa shape index (κ1) is 16.2. The second-order valence-electron chi connectivity index (χ2n) is 5.07. The summed E-state index contributed by atoms with van der Waals surface area (Å²) in [5, 5.41) is 11.6. The number of amides is 1. The minimum atomic E-state index is -0.779. The van der Waals surface area contributed by atoms with Crippen LogP contribution in [0.25, 0.3) is 0 Å². The molecule has 1 atom stereocenters. The summed E-state index contributed by atoms with van der Waals surface area (Å²) in [5.74, 6) is -1.08. The number of carbonyl (C=O) groups is 2. The van der Waals surface area contributed by atoms with Crippen LogP contribution in [0.15, 0.2) is 30.3 Å². The normalized spacial score (nSPS) is 11.8. The van der Waals surface area contributed by atoms with Crippen LogP contribution in [0.1, 0.15) is 38.2 Å². The van der Waals surface area contributed by atoms with Crippen LogP contribution in [0, 0.1) is 5.92 Å². The molecular formula is C16H23NO3. The molecule has 1 unspecified atom stereocenters. The highest BCUT2D eigenvalue weighted by atomic mass is 16.4. The van der Waals surface area contributed by atoms with E-state index in [4.69, 9.17) is 5.11 Å². The zero-order valence-corrected chi connectivity index (χ0v) is 12.0. The van der Waals surface area contributed by atoms with Crippen molar-refractivity contribution >= 4 is 11.9 Å². The highest BCUT2D eigenvalue weighted by Crippen LogP contribution is 2.06. The van der Waals surface area contributed by atoms with Gasteiger partial charge in [0.05, 0.1) is 5.92 Å². The van der Waals surface area contributed by atoms with E-state index < -0.39 is 5.97 Å². The molecule has 0 aromatic heterocycles. The van der Waals surface area contributed by atoms with Crippen LogP contribution in [0.4, 0.5) is 0 Å². The molecule has 0 bridgehead atoms. The molecule has 110 valence electrons. The summed E-state index contributed by atoms with van der Waals surface area (Å²) in [6.45, 7) is 2.24. The first-order chi connectivity index (χ1) is 9.59. The van der Waals surface area contributed by atoms with Crippen LogP contribution in [0.2, 0.25) is 0 Å². The molecule has 0 fully saturated rings. The average Bonchev–Trinajstić information content (AvgIpc) is 2.44. The summed E-state index contributed by atoms with van der Waals surface area (Å²) in [6.07, 6.45) is 3.56. The molecule has 4 heteroatoms. The van der Waals surface area contributed by atoms with Gasteiger partial charge in [-0.25, -0.2) is 0 Å². The minimum absolute atomic E-state index is 0.0453. The molecule has 1 rings (SSSR count). The van der Waals surface area contributed by atoms with Crippen molar-refractivity contribution in [3.05, 3.63) is 35.9 Å². The predicted molar refractivity (Wildman–Crippen MR) is 78.4 cm³/mol. The molecule has 2 N–H and O–H groups in total. The van der Waals surface area contributed by atoms with Crippen LogP contribution >= 0.6 is 0 Å². The summed E-state index contributed by atoms with van der Waals surface area (Å²) in [5.41, 5.74) is 1.25. The van der Waals surface area contributed by atoms with Crippen molar-refractivity contribution in [3.63, 3.8) is 0 Å². The maximum absolute atomic E-state index is 11.6. The largest absolute Gasteiger partial charge is 0.481 e. The summed E-state index contributed by atoms with van der Waals surface area (Å²) in [6, 6.07) is 10.1. The quantitative estimate of drug-likeness (QED) is 0.682. The topological polar surface area (TPSA) is 66.4 Å². The van der Waals surface area contributed by atoms with Gasteiger partial charge in [0.1, 0.15) is 0 Å². The molecule has 20 heavy (non-hydrogen) atoms. The third-order valence-electron chi connectivity index (χ3n) is 3.27. The lowest BCUT2D eigenvalue weighted by molar-refractivity contribution is -0.141. The second-order valence-corrected chi connectivity index (χ2v) is 5.07. The van der Waals surface area contributed by atoms with E-state index in [1.54, 1.807) is 6.92 Å². The van der Waals surface area contributed by atoms with Crippen molar-refractivity contribution in [2.45, 2.75) is 39.0 Å². The molecular weight excluding hydrogens is 254 g/mol.